The molecule has 3 aromatic carbocycles. The number of halogens is 3. The van der Waals surface area contributed by atoms with Gasteiger partial charge in [-0.25, -0.2) is 0 Å². The van der Waals surface area contributed by atoms with Crippen molar-refractivity contribution in [2.24, 2.45) is 0 Å². The second-order valence-corrected chi connectivity index (χ2v) is 8.02. The molecule has 0 spiro atoms. The fraction of sp³-hybridized carbons (Fsp3) is 0.200. The molecule has 36 heavy (non-hydrogen) atoms. The van der Waals surface area contributed by atoms with E-state index in [2.05, 4.69) is 9.46 Å². The Kier molecular flexibility index (Phi) is 8.70. The van der Waals surface area contributed by atoms with Gasteiger partial charge >= 0.3 is 6.36 Å². The van der Waals surface area contributed by atoms with E-state index in [1.807, 2.05) is 6.08 Å². The van der Waals surface area contributed by atoms with Gasteiger partial charge in [-0.1, -0.05) is 18.2 Å². The first-order valence-electron chi connectivity index (χ1n) is 10.3. The summed E-state index contributed by atoms with van der Waals surface area (Å²) in [6.07, 6.45) is -1.19. The summed E-state index contributed by atoms with van der Waals surface area (Å²) in [5, 5.41) is 10.5. The minimum Gasteiger partial charge on any atom is -0.503 e. The van der Waals surface area contributed by atoms with E-state index < -0.39 is 6.36 Å². The molecule has 0 atom stereocenters. The third-order valence-electron chi connectivity index (χ3n) is 4.79. The van der Waals surface area contributed by atoms with Crippen molar-refractivity contribution in [3.8, 4) is 34.5 Å². The lowest BCUT2D eigenvalue weighted by atomic mass is 10.1. The lowest BCUT2D eigenvalue weighted by Gasteiger charge is -2.14. The molecule has 0 radical (unpaired) electrons. The van der Waals surface area contributed by atoms with Crippen LogP contribution in [0.4, 0.5) is 18.9 Å². The molecule has 0 aliphatic carbocycles. The molecule has 3 aromatic rings. The standard InChI is InChI=1S/C25H24F3NO6S/c1-31-20-11-15(8-9-16-12-21(32-2)24(34-4)22(13-16)33-3)10-19(23(20)30)29-36-18-7-5-6-17(14-18)35-25(26,27)28/h5-14,29-30H,1-4H3/b9-8-. The first-order valence-corrected chi connectivity index (χ1v) is 11.2. The Morgan fingerprint density at radius 2 is 1.39 bits per heavy atom. The van der Waals surface area contributed by atoms with Crippen LogP contribution in [0.1, 0.15) is 11.1 Å². The zero-order valence-corrected chi connectivity index (χ0v) is 20.6. The topological polar surface area (TPSA) is 78.4 Å². The van der Waals surface area contributed by atoms with Gasteiger partial charge in [-0.15, -0.1) is 13.2 Å². The van der Waals surface area contributed by atoms with Crippen LogP contribution >= 0.6 is 11.9 Å². The van der Waals surface area contributed by atoms with Crippen molar-refractivity contribution in [1.82, 2.24) is 0 Å². The highest BCUT2D eigenvalue weighted by Gasteiger charge is 2.31. The van der Waals surface area contributed by atoms with Gasteiger partial charge in [0, 0.05) is 4.90 Å². The monoisotopic (exact) mass is 523 g/mol. The number of aromatic hydroxyl groups is 1. The molecule has 0 saturated carbocycles. The summed E-state index contributed by atoms with van der Waals surface area (Å²) in [5.74, 6) is 1.16. The van der Waals surface area contributed by atoms with Crippen molar-refractivity contribution in [2.75, 3.05) is 33.2 Å². The van der Waals surface area contributed by atoms with Crippen LogP contribution in [0.15, 0.2) is 53.4 Å². The normalized spacial score (nSPS) is 11.3. The first-order chi connectivity index (χ1) is 17.2. The number of alkyl halides is 3. The number of benzene rings is 3. The Morgan fingerprint density at radius 1 is 0.806 bits per heavy atom. The Bertz CT molecular complexity index is 1210. The van der Waals surface area contributed by atoms with Gasteiger partial charge in [0.05, 0.1) is 34.1 Å². The minimum absolute atomic E-state index is 0.155. The SMILES string of the molecule is COc1cc(/C=C\c2cc(OC)c(OC)c(OC)c2)cc(NSc2cccc(OC(F)(F)F)c2)c1O. The van der Waals surface area contributed by atoms with Crippen LogP contribution in [-0.4, -0.2) is 39.9 Å². The second-order valence-electron chi connectivity index (χ2n) is 7.14. The van der Waals surface area contributed by atoms with Gasteiger partial charge in [-0.05, 0) is 65.5 Å². The summed E-state index contributed by atoms with van der Waals surface area (Å²) in [6, 6.07) is 12.3. The highest BCUT2D eigenvalue weighted by molar-refractivity contribution is 8.00. The quantitative estimate of drug-likeness (QED) is 0.175. The first kappa shape index (κ1) is 26.7. The maximum atomic E-state index is 12.5. The molecule has 3 rings (SSSR count). The van der Waals surface area contributed by atoms with E-state index in [9.17, 15) is 18.3 Å². The fourth-order valence-electron chi connectivity index (χ4n) is 3.20. The van der Waals surface area contributed by atoms with Crippen molar-refractivity contribution >= 4 is 29.8 Å². The molecule has 192 valence electrons. The van der Waals surface area contributed by atoms with Gasteiger partial charge < -0.3 is 33.5 Å². The highest BCUT2D eigenvalue weighted by Crippen LogP contribution is 2.40. The molecule has 0 aliphatic rings. The van der Waals surface area contributed by atoms with Gasteiger partial charge in [0.25, 0.3) is 0 Å². The number of rotatable bonds is 10. The molecule has 0 saturated heterocycles. The average Bonchev–Trinajstić information content (AvgIpc) is 2.85. The van der Waals surface area contributed by atoms with Crippen LogP contribution in [0.2, 0.25) is 0 Å². The van der Waals surface area contributed by atoms with Crippen LogP contribution in [0.5, 0.6) is 34.5 Å². The molecule has 2 N–H and O–H groups in total. The molecular weight excluding hydrogens is 499 g/mol. The predicted octanol–water partition coefficient (Wildman–Crippen LogP) is 6.61. The molecule has 0 bridgehead atoms. The van der Waals surface area contributed by atoms with Crippen molar-refractivity contribution in [3.63, 3.8) is 0 Å². The van der Waals surface area contributed by atoms with Crippen LogP contribution in [-0.2, 0) is 0 Å². The lowest BCUT2D eigenvalue weighted by molar-refractivity contribution is -0.274. The maximum absolute atomic E-state index is 12.5. The predicted molar refractivity (Wildman–Crippen MR) is 132 cm³/mol. The van der Waals surface area contributed by atoms with Crippen LogP contribution < -0.4 is 28.4 Å². The van der Waals surface area contributed by atoms with E-state index in [1.165, 1.54) is 46.6 Å². The Hall–Kier alpha value is -3.86. The van der Waals surface area contributed by atoms with Gasteiger partial charge in [0.2, 0.25) is 5.75 Å². The molecule has 0 aliphatic heterocycles. The van der Waals surface area contributed by atoms with E-state index in [-0.39, 0.29) is 17.2 Å². The maximum Gasteiger partial charge on any atom is 0.573 e. The molecule has 0 heterocycles. The van der Waals surface area contributed by atoms with Crippen molar-refractivity contribution in [2.45, 2.75) is 11.3 Å². The minimum atomic E-state index is -4.79. The zero-order chi connectivity index (χ0) is 26.3. The summed E-state index contributed by atoms with van der Waals surface area (Å²) in [6.45, 7) is 0. The van der Waals surface area contributed by atoms with Crippen molar-refractivity contribution in [3.05, 3.63) is 59.7 Å². The van der Waals surface area contributed by atoms with Gasteiger partial charge in [-0.2, -0.15) is 0 Å². The number of nitrogens with one attached hydrogen (secondary N) is 1. The number of phenols is 1. The number of ether oxygens (including phenoxy) is 5. The van der Waals surface area contributed by atoms with Crippen LogP contribution in [0.3, 0.4) is 0 Å². The lowest BCUT2D eigenvalue weighted by Crippen LogP contribution is -2.17. The molecule has 11 heteroatoms. The molecule has 7 nitrogen and oxygen atoms in total. The van der Waals surface area contributed by atoms with Gasteiger partial charge in [0.15, 0.2) is 23.0 Å². The Balaban J connectivity index is 1.85. The van der Waals surface area contributed by atoms with Crippen LogP contribution in [0, 0.1) is 0 Å². The smallest absolute Gasteiger partial charge is 0.503 e. The number of methoxy groups -OCH3 is 4. The van der Waals surface area contributed by atoms with Crippen molar-refractivity contribution < 1.29 is 42.0 Å². The molecule has 0 amide bonds. The van der Waals surface area contributed by atoms with Crippen molar-refractivity contribution in [1.29, 1.82) is 0 Å². The van der Waals surface area contributed by atoms with E-state index in [0.717, 1.165) is 17.5 Å². The largest absolute Gasteiger partial charge is 0.573 e. The fourth-order valence-corrected chi connectivity index (χ4v) is 3.90. The summed E-state index contributed by atoms with van der Waals surface area (Å²) < 4.78 is 65.8. The molecule has 0 aromatic heterocycles. The molecular formula is C25H24F3NO6S. The number of hydrogen-bond acceptors (Lipinski definition) is 8. The molecule has 0 fully saturated rings. The van der Waals surface area contributed by atoms with E-state index in [4.69, 9.17) is 18.9 Å². The number of hydrogen-bond donors (Lipinski definition) is 2. The van der Waals surface area contributed by atoms with E-state index in [1.54, 1.807) is 36.4 Å². The van der Waals surface area contributed by atoms with E-state index >= 15 is 0 Å². The van der Waals surface area contributed by atoms with Gasteiger partial charge in [0.1, 0.15) is 5.75 Å². The summed E-state index contributed by atoms with van der Waals surface area (Å²) in [5.41, 5.74) is 1.74. The summed E-state index contributed by atoms with van der Waals surface area (Å²) in [7, 11) is 5.98. The highest BCUT2D eigenvalue weighted by atomic mass is 32.2. The summed E-state index contributed by atoms with van der Waals surface area (Å²) in [4.78, 5) is 0.438. The number of anilines is 1. The Morgan fingerprint density at radius 3 is 1.94 bits per heavy atom. The second kappa shape index (κ2) is 11.7. The third kappa shape index (κ3) is 6.85. The van der Waals surface area contributed by atoms with Crippen LogP contribution in [0.25, 0.3) is 12.2 Å². The summed E-state index contributed by atoms with van der Waals surface area (Å²) >= 11 is 1.00. The van der Waals surface area contributed by atoms with E-state index in [0.29, 0.717) is 33.4 Å². The number of phenolic OH excluding ortho intramolecular Hbond substituents is 1. The average molecular weight is 524 g/mol. The molecule has 0 unspecified atom stereocenters. The third-order valence-corrected chi connectivity index (χ3v) is 5.60. The zero-order valence-electron chi connectivity index (χ0n) is 19.8. The van der Waals surface area contributed by atoms with Gasteiger partial charge in [-0.3, -0.25) is 0 Å². The Labute approximate surface area is 210 Å².